The molecule has 2 aromatic heterocycles. The number of H-pyrrole nitrogens is 1. The minimum atomic E-state index is -0.186. The Bertz CT molecular complexity index is 736. The van der Waals surface area contributed by atoms with Crippen molar-refractivity contribution in [1.82, 2.24) is 20.6 Å². The molecule has 7 heteroatoms. The smallest absolute Gasteiger partial charge is 0.211 e. The molecular formula is C10H5BrN4O2. The monoisotopic (exact) mass is 292 g/mol. The minimum Gasteiger partial charge on any atom is -0.463 e. The highest BCUT2D eigenvalue weighted by molar-refractivity contribution is 9.10. The Morgan fingerprint density at radius 2 is 2.24 bits per heavy atom. The molecule has 6 nitrogen and oxygen atoms in total. The highest BCUT2D eigenvalue weighted by Crippen LogP contribution is 2.19. The lowest BCUT2D eigenvalue weighted by molar-refractivity contribution is 0.604. The van der Waals surface area contributed by atoms with Gasteiger partial charge in [-0.05, 0) is 23.4 Å². The summed E-state index contributed by atoms with van der Waals surface area (Å²) < 4.78 is 6.17. The highest BCUT2D eigenvalue weighted by Gasteiger charge is 2.12. The van der Waals surface area contributed by atoms with E-state index < -0.39 is 0 Å². The Morgan fingerprint density at radius 3 is 3.00 bits per heavy atom. The van der Waals surface area contributed by atoms with Gasteiger partial charge >= 0.3 is 0 Å². The molecule has 1 N–H and O–H groups in total. The SMILES string of the molecule is O=c1c(-c2nn[nH]n2)coc2ccc(Br)cc12. The second kappa shape index (κ2) is 3.77. The molecule has 84 valence electrons. The minimum absolute atomic E-state index is 0.186. The van der Waals surface area contributed by atoms with Crippen molar-refractivity contribution in [2.45, 2.75) is 0 Å². The van der Waals surface area contributed by atoms with Crippen LogP contribution in [0.1, 0.15) is 0 Å². The number of rotatable bonds is 1. The number of tetrazole rings is 1. The summed E-state index contributed by atoms with van der Waals surface area (Å²) in [6.07, 6.45) is 1.34. The summed E-state index contributed by atoms with van der Waals surface area (Å²) in [4.78, 5) is 12.2. The van der Waals surface area contributed by atoms with Crippen LogP contribution < -0.4 is 5.43 Å². The van der Waals surface area contributed by atoms with Crippen LogP contribution in [0.25, 0.3) is 22.4 Å². The summed E-state index contributed by atoms with van der Waals surface area (Å²) in [6.45, 7) is 0. The number of hydrogen-bond acceptors (Lipinski definition) is 5. The van der Waals surface area contributed by atoms with Gasteiger partial charge in [-0.25, -0.2) is 0 Å². The van der Waals surface area contributed by atoms with Gasteiger partial charge in [0.15, 0.2) is 0 Å². The number of nitrogens with zero attached hydrogens (tertiary/aromatic N) is 3. The Labute approximate surface area is 103 Å². The van der Waals surface area contributed by atoms with Gasteiger partial charge in [-0.3, -0.25) is 4.79 Å². The van der Waals surface area contributed by atoms with Crippen LogP contribution in [0.2, 0.25) is 0 Å². The molecule has 0 spiro atoms. The van der Waals surface area contributed by atoms with Crippen LogP contribution in [0, 0.1) is 0 Å². The van der Waals surface area contributed by atoms with E-state index in [2.05, 4.69) is 36.6 Å². The predicted molar refractivity (Wildman–Crippen MR) is 63.4 cm³/mol. The van der Waals surface area contributed by atoms with E-state index in [1.54, 1.807) is 18.2 Å². The lowest BCUT2D eigenvalue weighted by atomic mass is 10.2. The second-order valence-corrected chi connectivity index (χ2v) is 4.27. The summed E-state index contributed by atoms with van der Waals surface area (Å²) in [5.74, 6) is 0.223. The van der Waals surface area contributed by atoms with Crippen molar-refractivity contribution in [3.05, 3.63) is 39.2 Å². The van der Waals surface area contributed by atoms with Crippen LogP contribution >= 0.6 is 15.9 Å². The first-order valence-electron chi connectivity index (χ1n) is 4.70. The van der Waals surface area contributed by atoms with Gasteiger partial charge in [0.05, 0.1) is 5.39 Å². The van der Waals surface area contributed by atoms with Crippen molar-refractivity contribution < 1.29 is 4.42 Å². The van der Waals surface area contributed by atoms with E-state index in [0.29, 0.717) is 11.0 Å². The van der Waals surface area contributed by atoms with Crippen LogP contribution in [0.15, 0.2) is 38.1 Å². The summed E-state index contributed by atoms with van der Waals surface area (Å²) in [6, 6.07) is 5.23. The summed E-state index contributed by atoms with van der Waals surface area (Å²) >= 11 is 3.31. The molecule has 3 aromatic rings. The number of hydrogen-bond donors (Lipinski definition) is 1. The first-order chi connectivity index (χ1) is 8.25. The first kappa shape index (κ1) is 10.2. The van der Waals surface area contributed by atoms with E-state index in [-0.39, 0.29) is 16.8 Å². The summed E-state index contributed by atoms with van der Waals surface area (Å²) in [7, 11) is 0. The fourth-order valence-electron chi connectivity index (χ4n) is 1.53. The van der Waals surface area contributed by atoms with Gasteiger partial charge in [0.1, 0.15) is 17.4 Å². The zero-order valence-electron chi connectivity index (χ0n) is 8.35. The summed E-state index contributed by atoms with van der Waals surface area (Å²) in [5.41, 5.74) is 0.615. The van der Waals surface area contributed by atoms with Gasteiger partial charge in [-0.2, -0.15) is 5.21 Å². The Morgan fingerprint density at radius 1 is 1.35 bits per heavy atom. The molecular weight excluding hydrogens is 288 g/mol. The van der Waals surface area contributed by atoms with Crippen molar-refractivity contribution in [2.75, 3.05) is 0 Å². The van der Waals surface area contributed by atoms with Crippen LogP contribution in [0.5, 0.6) is 0 Å². The Hall–Kier alpha value is -2.02. The lowest BCUT2D eigenvalue weighted by Gasteiger charge is -1.99. The maximum absolute atomic E-state index is 12.2. The molecule has 17 heavy (non-hydrogen) atoms. The van der Waals surface area contributed by atoms with Crippen molar-refractivity contribution >= 4 is 26.9 Å². The number of aromatic amines is 1. The molecule has 0 amide bonds. The molecule has 0 bridgehead atoms. The van der Waals surface area contributed by atoms with Crippen LogP contribution in [0.3, 0.4) is 0 Å². The van der Waals surface area contributed by atoms with E-state index in [4.69, 9.17) is 4.42 Å². The first-order valence-corrected chi connectivity index (χ1v) is 5.50. The average molecular weight is 293 g/mol. The van der Waals surface area contributed by atoms with Crippen LogP contribution in [0.4, 0.5) is 0 Å². The van der Waals surface area contributed by atoms with Crippen molar-refractivity contribution in [3.63, 3.8) is 0 Å². The molecule has 0 atom stereocenters. The zero-order chi connectivity index (χ0) is 11.8. The van der Waals surface area contributed by atoms with Crippen LogP contribution in [-0.2, 0) is 0 Å². The van der Waals surface area contributed by atoms with E-state index >= 15 is 0 Å². The molecule has 2 heterocycles. The van der Waals surface area contributed by atoms with Crippen molar-refractivity contribution in [2.24, 2.45) is 0 Å². The number of fused-ring (bicyclic) bond motifs is 1. The van der Waals surface area contributed by atoms with E-state index in [1.807, 2.05) is 0 Å². The van der Waals surface area contributed by atoms with Gasteiger partial charge in [-0.15, -0.1) is 10.2 Å². The fourth-order valence-corrected chi connectivity index (χ4v) is 1.89. The van der Waals surface area contributed by atoms with E-state index in [1.165, 1.54) is 6.26 Å². The highest BCUT2D eigenvalue weighted by atomic mass is 79.9. The maximum Gasteiger partial charge on any atom is 0.211 e. The molecule has 0 saturated heterocycles. The zero-order valence-corrected chi connectivity index (χ0v) is 9.93. The van der Waals surface area contributed by atoms with Gasteiger partial charge in [0.2, 0.25) is 11.3 Å². The van der Waals surface area contributed by atoms with Crippen molar-refractivity contribution in [1.29, 1.82) is 0 Å². The Balaban J connectivity index is 2.36. The molecule has 3 rings (SSSR count). The summed E-state index contributed by atoms with van der Waals surface area (Å²) in [5, 5.41) is 13.7. The topological polar surface area (TPSA) is 84.7 Å². The van der Waals surface area contributed by atoms with Gasteiger partial charge < -0.3 is 4.42 Å². The molecule has 1 aromatic carbocycles. The van der Waals surface area contributed by atoms with Gasteiger partial charge in [0.25, 0.3) is 0 Å². The van der Waals surface area contributed by atoms with E-state index in [0.717, 1.165) is 4.47 Å². The Kier molecular flexibility index (Phi) is 2.25. The quantitative estimate of drug-likeness (QED) is 0.738. The molecule has 0 aliphatic carbocycles. The fraction of sp³-hybridized carbons (Fsp3) is 0. The third-order valence-electron chi connectivity index (χ3n) is 2.32. The molecule has 0 aliphatic heterocycles. The predicted octanol–water partition coefficient (Wildman–Crippen LogP) is 1.74. The molecule has 0 aliphatic rings. The molecule has 0 radical (unpaired) electrons. The van der Waals surface area contributed by atoms with Crippen molar-refractivity contribution in [3.8, 4) is 11.4 Å². The van der Waals surface area contributed by atoms with Crippen LogP contribution in [-0.4, -0.2) is 20.6 Å². The number of benzene rings is 1. The number of halogens is 1. The van der Waals surface area contributed by atoms with Gasteiger partial charge in [0, 0.05) is 4.47 Å². The molecule has 0 fully saturated rings. The lowest BCUT2D eigenvalue weighted by Crippen LogP contribution is -2.05. The largest absolute Gasteiger partial charge is 0.463 e. The van der Waals surface area contributed by atoms with Gasteiger partial charge in [-0.1, -0.05) is 15.9 Å². The average Bonchev–Trinajstić information content (AvgIpc) is 2.84. The van der Waals surface area contributed by atoms with E-state index in [9.17, 15) is 4.79 Å². The number of nitrogens with one attached hydrogen (secondary N) is 1. The number of aromatic nitrogens is 4. The second-order valence-electron chi connectivity index (χ2n) is 3.35. The standard InChI is InChI=1S/C10H5BrN4O2/c11-5-1-2-8-6(3-5)9(16)7(4-17-8)10-12-14-15-13-10/h1-4H,(H,12,13,14,15). The molecule has 0 saturated carbocycles. The normalized spacial score (nSPS) is 10.9. The maximum atomic E-state index is 12.2. The third-order valence-corrected chi connectivity index (χ3v) is 2.81. The third kappa shape index (κ3) is 1.64. The molecule has 0 unspecified atom stereocenters.